The number of nitrogens with zero attached hydrogens (tertiary/aromatic N) is 2. The molecule has 0 bridgehead atoms. The van der Waals surface area contributed by atoms with E-state index >= 15 is 4.39 Å². The molecule has 37 heavy (non-hydrogen) atoms. The number of aromatic amines is 1. The van der Waals surface area contributed by atoms with Crippen molar-refractivity contribution in [1.29, 1.82) is 0 Å². The molecule has 2 saturated heterocycles. The van der Waals surface area contributed by atoms with Crippen LogP contribution in [0, 0.1) is 5.82 Å². The predicted octanol–water partition coefficient (Wildman–Crippen LogP) is 4.30. The number of halogens is 1. The number of aliphatic hydroxyl groups is 1. The van der Waals surface area contributed by atoms with Gasteiger partial charge >= 0.3 is 0 Å². The lowest BCUT2D eigenvalue weighted by Crippen LogP contribution is -2.34. The van der Waals surface area contributed by atoms with E-state index < -0.39 is 27.8 Å². The monoisotopic (exact) mass is 523 g/mol. The second kappa shape index (κ2) is 9.21. The Morgan fingerprint density at radius 2 is 1.65 bits per heavy atom. The van der Waals surface area contributed by atoms with Crippen LogP contribution >= 0.6 is 0 Å². The summed E-state index contributed by atoms with van der Waals surface area (Å²) >= 11 is 0. The molecular weight excluding hydrogens is 497 g/mol. The van der Waals surface area contributed by atoms with Crippen molar-refractivity contribution >= 4 is 26.4 Å². The van der Waals surface area contributed by atoms with Crippen molar-refractivity contribution in [1.82, 2.24) is 9.97 Å². The molecule has 2 aliphatic heterocycles. The van der Waals surface area contributed by atoms with Gasteiger partial charge in [-0.1, -0.05) is 36.4 Å². The van der Waals surface area contributed by atoms with Crippen LogP contribution < -0.4 is 4.74 Å². The van der Waals surface area contributed by atoms with Crippen molar-refractivity contribution in [2.24, 2.45) is 4.36 Å². The minimum absolute atomic E-state index is 0.221. The van der Waals surface area contributed by atoms with E-state index in [1.807, 2.05) is 48.5 Å². The molecule has 0 spiro atoms. The molecule has 4 atom stereocenters. The minimum atomic E-state index is -2.22. The zero-order chi connectivity index (χ0) is 25.7. The van der Waals surface area contributed by atoms with E-state index in [1.54, 1.807) is 18.6 Å². The molecule has 2 aromatic heterocycles. The number of nitrogens with one attached hydrogen (secondary N) is 1. The molecule has 2 N–H and O–H groups in total. The van der Waals surface area contributed by atoms with Gasteiger partial charge in [0.05, 0.1) is 29.9 Å². The fraction of sp³-hybridized carbons (Fsp3) is 0.296. The van der Waals surface area contributed by atoms with E-state index in [9.17, 15) is 9.32 Å². The van der Waals surface area contributed by atoms with Gasteiger partial charge in [-0.3, -0.25) is 0 Å². The predicted molar refractivity (Wildman–Crippen MR) is 139 cm³/mol. The van der Waals surface area contributed by atoms with Crippen LogP contribution in [0.4, 0.5) is 10.1 Å². The molecular formula is C27H26FN3O5S. The van der Waals surface area contributed by atoms with Crippen LogP contribution in [0.25, 0.3) is 33.4 Å². The van der Waals surface area contributed by atoms with Crippen LogP contribution in [-0.4, -0.2) is 69.4 Å². The lowest BCUT2D eigenvalue weighted by atomic mass is 10.0. The second-order valence-corrected chi connectivity index (χ2v) is 12.1. The number of pyridine rings is 1. The highest BCUT2D eigenvalue weighted by Gasteiger charge is 2.48. The number of rotatable bonds is 5. The Labute approximate surface area is 213 Å². The third-order valence-corrected chi connectivity index (χ3v) is 7.13. The van der Waals surface area contributed by atoms with E-state index in [0.717, 1.165) is 11.1 Å². The zero-order valence-corrected chi connectivity index (χ0v) is 21.1. The van der Waals surface area contributed by atoms with Crippen LogP contribution in [0.2, 0.25) is 0 Å². The Balaban J connectivity index is 1.22. The first-order valence-corrected chi connectivity index (χ1v) is 14.2. The van der Waals surface area contributed by atoms with Crippen LogP contribution in [-0.2, 0) is 19.2 Å². The van der Waals surface area contributed by atoms with Crippen LogP contribution in [0.15, 0.2) is 65.0 Å². The maximum absolute atomic E-state index is 15.0. The molecule has 2 aromatic carbocycles. The van der Waals surface area contributed by atoms with Crippen molar-refractivity contribution in [2.45, 2.75) is 24.4 Å². The van der Waals surface area contributed by atoms with Gasteiger partial charge in [0.15, 0.2) is 17.8 Å². The summed E-state index contributed by atoms with van der Waals surface area (Å²) in [4.78, 5) is 7.60. The van der Waals surface area contributed by atoms with Gasteiger partial charge in [0, 0.05) is 39.9 Å². The molecule has 2 fully saturated rings. The standard InChI is InChI=1S/C27H26FN3O5S/c1-37(2,33)31-18-9-7-16(8-10-18)15-3-5-17(6-4-15)25-19(28)11-20-21(30-25)12-24(29-20)36-23-14-35-26-22(32)13-34-27(23)26/h3-12,22-23,26-27,29,32H,13-14H2,1-2H3/t22-,23-,26-,27-/m1/s1. The van der Waals surface area contributed by atoms with Gasteiger partial charge in [-0.15, -0.1) is 0 Å². The first-order valence-electron chi connectivity index (χ1n) is 11.9. The van der Waals surface area contributed by atoms with E-state index in [1.165, 1.54) is 6.07 Å². The number of fused-ring (bicyclic) bond motifs is 2. The quantitative estimate of drug-likeness (QED) is 0.404. The molecule has 10 heteroatoms. The summed E-state index contributed by atoms with van der Waals surface area (Å²) in [6.45, 7) is 0.523. The lowest BCUT2D eigenvalue weighted by Gasteiger charge is -2.16. The summed E-state index contributed by atoms with van der Waals surface area (Å²) in [5.41, 5.74) is 4.57. The molecule has 0 aliphatic carbocycles. The molecule has 192 valence electrons. The minimum Gasteiger partial charge on any atom is -0.470 e. The maximum atomic E-state index is 15.0. The van der Waals surface area contributed by atoms with E-state index in [4.69, 9.17) is 14.2 Å². The van der Waals surface area contributed by atoms with Crippen LogP contribution in [0.5, 0.6) is 5.88 Å². The average molecular weight is 524 g/mol. The smallest absolute Gasteiger partial charge is 0.193 e. The number of benzene rings is 2. The molecule has 4 heterocycles. The molecule has 8 nitrogen and oxygen atoms in total. The highest BCUT2D eigenvalue weighted by atomic mass is 32.2. The number of H-pyrrole nitrogens is 1. The van der Waals surface area contributed by atoms with Crippen LogP contribution in [0.3, 0.4) is 0 Å². The first-order chi connectivity index (χ1) is 17.7. The normalized spacial score (nSPS) is 23.4. The summed E-state index contributed by atoms with van der Waals surface area (Å²) in [5, 5.41) is 9.92. The number of hydrogen-bond acceptors (Lipinski definition) is 7. The highest BCUT2D eigenvalue weighted by molar-refractivity contribution is 7.92. The third kappa shape index (κ3) is 4.85. The second-order valence-electron chi connectivity index (χ2n) is 9.60. The SMILES string of the molecule is CS(C)(=O)=Nc1ccc(-c2ccc(-c3nc4cc(O[C@@H]5CO[C@H]6[C@@H]5OC[C@H]6O)[nH]c4cc3F)cc2)cc1. The molecule has 0 radical (unpaired) electrons. The van der Waals surface area contributed by atoms with Gasteiger partial charge in [-0.25, -0.2) is 13.6 Å². The van der Waals surface area contributed by atoms with E-state index in [0.29, 0.717) is 34.8 Å². The van der Waals surface area contributed by atoms with Crippen molar-refractivity contribution in [3.8, 4) is 28.3 Å². The summed E-state index contributed by atoms with van der Waals surface area (Å²) in [6, 6.07) is 18.1. The molecule has 6 rings (SSSR count). The summed E-state index contributed by atoms with van der Waals surface area (Å²) < 4.78 is 48.3. The van der Waals surface area contributed by atoms with Gasteiger partial charge in [0.25, 0.3) is 0 Å². The molecule has 0 unspecified atom stereocenters. The Kier molecular flexibility index (Phi) is 5.99. The van der Waals surface area contributed by atoms with Gasteiger partial charge in [0.2, 0.25) is 0 Å². The molecule has 2 aliphatic rings. The first kappa shape index (κ1) is 24.1. The third-order valence-electron chi connectivity index (χ3n) is 6.48. The van der Waals surface area contributed by atoms with E-state index in [-0.39, 0.29) is 24.5 Å². The van der Waals surface area contributed by atoms with Crippen molar-refractivity contribution in [3.63, 3.8) is 0 Å². The van der Waals surface area contributed by atoms with Crippen molar-refractivity contribution in [2.75, 3.05) is 25.7 Å². The zero-order valence-electron chi connectivity index (χ0n) is 20.3. The summed E-state index contributed by atoms with van der Waals surface area (Å²) in [6.07, 6.45) is 1.44. The Bertz CT molecular complexity index is 1570. The highest BCUT2D eigenvalue weighted by Crippen LogP contribution is 2.32. The molecule has 0 amide bonds. The van der Waals surface area contributed by atoms with E-state index in [2.05, 4.69) is 14.3 Å². The number of aliphatic hydroxyl groups excluding tert-OH is 1. The Morgan fingerprint density at radius 1 is 1.00 bits per heavy atom. The summed E-state index contributed by atoms with van der Waals surface area (Å²) in [7, 11) is -2.22. The van der Waals surface area contributed by atoms with Gasteiger partial charge in [-0.2, -0.15) is 4.36 Å². The molecule has 0 saturated carbocycles. The largest absolute Gasteiger partial charge is 0.470 e. The Hall–Kier alpha value is -3.31. The lowest BCUT2D eigenvalue weighted by molar-refractivity contribution is 0.00794. The molecule has 4 aromatic rings. The van der Waals surface area contributed by atoms with Crippen molar-refractivity contribution < 1.29 is 27.9 Å². The maximum Gasteiger partial charge on any atom is 0.193 e. The fourth-order valence-electron chi connectivity index (χ4n) is 4.77. The van der Waals surface area contributed by atoms with Gasteiger partial charge in [-0.05, 0) is 23.3 Å². The van der Waals surface area contributed by atoms with Gasteiger partial charge < -0.3 is 24.3 Å². The number of ether oxygens (including phenoxy) is 3. The summed E-state index contributed by atoms with van der Waals surface area (Å²) in [5.74, 6) is -0.0142. The fourth-order valence-corrected chi connectivity index (χ4v) is 5.40. The average Bonchev–Trinajstić information content (AvgIpc) is 3.55. The topological polar surface area (TPSA) is 106 Å². The number of aromatic nitrogens is 2. The number of hydrogen-bond donors (Lipinski definition) is 2. The Morgan fingerprint density at radius 3 is 2.35 bits per heavy atom. The van der Waals surface area contributed by atoms with Crippen LogP contribution in [0.1, 0.15) is 0 Å². The van der Waals surface area contributed by atoms with Gasteiger partial charge in [0.1, 0.15) is 24.0 Å². The van der Waals surface area contributed by atoms with Crippen molar-refractivity contribution in [3.05, 3.63) is 66.5 Å².